The van der Waals surface area contributed by atoms with E-state index in [2.05, 4.69) is 5.32 Å². The third-order valence-corrected chi connectivity index (χ3v) is 7.82. The molecule has 2 amide bonds. The first-order valence-corrected chi connectivity index (χ1v) is 13.3. The molecule has 0 spiro atoms. The Morgan fingerprint density at radius 3 is 2.31 bits per heavy atom. The van der Waals surface area contributed by atoms with Crippen molar-refractivity contribution < 1.29 is 24.3 Å². The first-order chi connectivity index (χ1) is 17.4. The molecule has 36 heavy (non-hydrogen) atoms. The number of hydrogen-bond donors (Lipinski definition) is 2. The molecule has 2 N–H and O–H groups in total. The van der Waals surface area contributed by atoms with Crippen molar-refractivity contribution in [1.29, 1.82) is 0 Å². The maximum Gasteiger partial charge on any atom is 0.305 e. The van der Waals surface area contributed by atoms with E-state index in [9.17, 15) is 24.3 Å². The highest BCUT2D eigenvalue weighted by Gasteiger charge is 2.40. The highest BCUT2D eigenvalue weighted by molar-refractivity contribution is 6.45. The van der Waals surface area contributed by atoms with Crippen LogP contribution in [0.25, 0.3) is 10.9 Å². The van der Waals surface area contributed by atoms with Gasteiger partial charge in [-0.25, -0.2) is 0 Å². The summed E-state index contributed by atoms with van der Waals surface area (Å²) >= 11 is 0. The summed E-state index contributed by atoms with van der Waals surface area (Å²) < 4.78 is 1.80. The van der Waals surface area contributed by atoms with E-state index in [0.717, 1.165) is 69.7 Å². The Bertz CT molecular complexity index is 1110. The number of ketones is 1. The summed E-state index contributed by atoms with van der Waals surface area (Å²) in [6.07, 6.45) is 10.9. The Kier molecular flexibility index (Phi) is 8.44. The van der Waals surface area contributed by atoms with Crippen molar-refractivity contribution in [2.45, 2.75) is 82.7 Å². The van der Waals surface area contributed by atoms with Gasteiger partial charge in [0.15, 0.2) is 0 Å². The number of carboxylic acid groups (broad SMARTS) is 1. The number of nitrogens with zero attached hydrogens (tertiary/aromatic N) is 2. The van der Waals surface area contributed by atoms with Crippen LogP contribution in [0.1, 0.15) is 81.0 Å². The van der Waals surface area contributed by atoms with Gasteiger partial charge < -0.3 is 19.9 Å². The van der Waals surface area contributed by atoms with Crippen LogP contribution in [0.2, 0.25) is 0 Å². The summed E-state index contributed by atoms with van der Waals surface area (Å²) in [7, 11) is 1.81. The number of carbonyl (C=O) groups is 4. The Hall–Kier alpha value is -3.16. The Morgan fingerprint density at radius 2 is 1.64 bits per heavy atom. The van der Waals surface area contributed by atoms with Crippen molar-refractivity contribution in [3.8, 4) is 0 Å². The molecule has 2 aliphatic carbocycles. The zero-order valence-corrected chi connectivity index (χ0v) is 21.1. The molecule has 1 heterocycles. The van der Waals surface area contributed by atoms with Crippen LogP contribution in [-0.2, 0) is 21.4 Å². The van der Waals surface area contributed by atoms with Gasteiger partial charge in [-0.2, -0.15) is 0 Å². The molecule has 1 atom stereocenters. The van der Waals surface area contributed by atoms with Gasteiger partial charge in [0.05, 0.1) is 12.0 Å². The predicted molar refractivity (Wildman–Crippen MR) is 137 cm³/mol. The topological polar surface area (TPSA) is 109 Å². The van der Waals surface area contributed by atoms with E-state index in [4.69, 9.17) is 0 Å². The fraction of sp³-hybridized carbons (Fsp3) is 0.571. The highest BCUT2D eigenvalue weighted by atomic mass is 16.4. The molecule has 1 aromatic carbocycles. The minimum absolute atomic E-state index is 0.0579. The van der Waals surface area contributed by atoms with E-state index in [1.807, 2.05) is 25.2 Å². The molecular formula is C28H37N3O5. The van der Waals surface area contributed by atoms with Crippen LogP contribution < -0.4 is 5.32 Å². The van der Waals surface area contributed by atoms with Crippen molar-refractivity contribution in [1.82, 2.24) is 14.8 Å². The molecule has 194 valence electrons. The van der Waals surface area contributed by atoms with Crippen LogP contribution >= 0.6 is 0 Å². The van der Waals surface area contributed by atoms with Gasteiger partial charge in [-0.05, 0) is 37.7 Å². The molecule has 0 radical (unpaired) electrons. The number of benzene rings is 1. The number of para-hydroxylation sites is 1. The number of aryl methyl sites for hydroxylation is 1. The number of hydrogen-bond acceptors (Lipinski definition) is 4. The summed E-state index contributed by atoms with van der Waals surface area (Å²) in [5.74, 6) is -2.93. The predicted octanol–water partition coefficient (Wildman–Crippen LogP) is 4.06. The number of fused-ring (bicyclic) bond motifs is 1. The summed E-state index contributed by atoms with van der Waals surface area (Å²) in [6.45, 7) is -0.177. The van der Waals surface area contributed by atoms with Crippen molar-refractivity contribution >= 4 is 34.5 Å². The van der Waals surface area contributed by atoms with Crippen molar-refractivity contribution in [2.75, 3.05) is 6.54 Å². The van der Waals surface area contributed by atoms with Crippen LogP contribution in [0.15, 0.2) is 30.5 Å². The number of rotatable bonds is 9. The van der Waals surface area contributed by atoms with Crippen molar-refractivity contribution in [3.05, 3.63) is 36.0 Å². The molecule has 8 nitrogen and oxygen atoms in total. The second-order valence-corrected chi connectivity index (χ2v) is 10.3. The van der Waals surface area contributed by atoms with E-state index in [1.165, 1.54) is 4.90 Å². The Labute approximate surface area is 212 Å². The van der Waals surface area contributed by atoms with Crippen LogP contribution in [-0.4, -0.2) is 56.8 Å². The number of aromatic nitrogens is 1. The SMILES string of the molecule is Cn1cc(C(=O)C(=O)N(CCC(=O)O)C(C(=O)NC2CCCCC2)C2CCCCC2)c2ccccc21. The van der Waals surface area contributed by atoms with Crippen molar-refractivity contribution in [2.24, 2.45) is 13.0 Å². The molecule has 0 saturated heterocycles. The van der Waals surface area contributed by atoms with Gasteiger partial charge in [-0.3, -0.25) is 19.2 Å². The van der Waals surface area contributed by atoms with Gasteiger partial charge in [0.2, 0.25) is 5.91 Å². The quantitative estimate of drug-likeness (QED) is 0.403. The number of carboxylic acids is 1. The third-order valence-electron chi connectivity index (χ3n) is 7.82. The molecule has 8 heteroatoms. The molecule has 2 aliphatic rings. The van der Waals surface area contributed by atoms with Gasteiger partial charge in [0, 0.05) is 36.7 Å². The average Bonchev–Trinajstić information content (AvgIpc) is 3.23. The Morgan fingerprint density at radius 1 is 1.00 bits per heavy atom. The number of Topliss-reactive ketones (excluding diaryl/α,β-unsaturated/α-hetero) is 1. The third kappa shape index (κ3) is 5.79. The molecule has 1 unspecified atom stereocenters. The summed E-state index contributed by atoms with van der Waals surface area (Å²) in [5.41, 5.74) is 1.10. The monoisotopic (exact) mass is 495 g/mol. The first-order valence-electron chi connectivity index (χ1n) is 13.3. The molecule has 1 aromatic heterocycles. The first kappa shape index (κ1) is 25.9. The highest BCUT2D eigenvalue weighted by Crippen LogP contribution is 2.31. The fourth-order valence-electron chi connectivity index (χ4n) is 5.94. The van der Waals surface area contributed by atoms with Crippen molar-refractivity contribution in [3.63, 3.8) is 0 Å². The maximum absolute atomic E-state index is 13.8. The van der Waals surface area contributed by atoms with Crippen LogP contribution in [0.5, 0.6) is 0 Å². The average molecular weight is 496 g/mol. The lowest BCUT2D eigenvalue weighted by Gasteiger charge is -2.38. The zero-order valence-electron chi connectivity index (χ0n) is 21.1. The minimum atomic E-state index is -1.07. The van der Waals surface area contributed by atoms with E-state index in [1.54, 1.807) is 16.8 Å². The zero-order chi connectivity index (χ0) is 25.7. The summed E-state index contributed by atoms with van der Waals surface area (Å²) in [6, 6.07) is 6.56. The van der Waals surface area contributed by atoms with Gasteiger partial charge in [-0.1, -0.05) is 56.7 Å². The van der Waals surface area contributed by atoms with Crippen LogP contribution in [0.4, 0.5) is 0 Å². The van der Waals surface area contributed by atoms with Gasteiger partial charge in [-0.15, -0.1) is 0 Å². The summed E-state index contributed by atoms with van der Waals surface area (Å²) in [4.78, 5) is 53.8. The molecule has 2 fully saturated rings. The summed E-state index contributed by atoms with van der Waals surface area (Å²) in [5, 5.41) is 13.2. The van der Waals surface area contributed by atoms with E-state index < -0.39 is 23.7 Å². The number of carbonyl (C=O) groups excluding carboxylic acids is 3. The lowest BCUT2D eigenvalue weighted by molar-refractivity contribution is -0.143. The van der Waals surface area contributed by atoms with E-state index in [0.29, 0.717) is 5.39 Å². The van der Waals surface area contributed by atoms with E-state index >= 15 is 0 Å². The standard InChI is InChI=1S/C28H37N3O5/c1-30-18-22(21-14-8-9-15-23(21)30)26(34)28(36)31(17-16-24(32)33)25(19-10-4-2-5-11-19)27(35)29-20-12-6-3-7-13-20/h8-9,14-15,18-20,25H,2-7,10-13,16-17H2,1H3,(H,29,35)(H,32,33). The fourth-order valence-corrected chi connectivity index (χ4v) is 5.94. The molecule has 4 rings (SSSR count). The second-order valence-electron chi connectivity index (χ2n) is 10.3. The lowest BCUT2D eigenvalue weighted by atomic mass is 9.82. The van der Waals surface area contributed by atoms with Gasteiger partial charge in [0.1, 0.15) is 6.04 Å². The largest absolute Gasteiger partial charge is 0.481 e. The second kappa shape index (κ2) is 11.7. The smallest absolute Gasteiger partial charge is 0.305 e. The molecule has 2 aromatic rings. The van der Waals surface area contributed by atoms with E-state index in [-0.39, 0.29) is 36.4 Å². The van der Waals surface area contributed by atoms with Crippen LogP contribution in [0.3, 0.4) is 0 Å². The van der Waals surface area contributed by atoms with Gasteiger partial charge >= 0.3 is 5.97 Å². The number of amides is 2. The minimum Gasteiger partial charge on any atom is -0.481 e. The molecule has 0 aliphatic heterocycles. The maximum atomic E-state index is 13.8. The number of nitrogens with one attached hydrogen (secondary N) is 1. The molecule has 2 saturated carbocycles. The normalized spacial score (nSPS) is 18.0. The molecular weight excluding hydrogens is 458 g/mol. The lowest BCUT2D eigenvalue weighted by Crippen LogP contribution is -2.57. The Balaban J connectivity index is 1.67. The van der Waals surface area contributed by atoms with Gasteiger partial charge in [0.25, 0.3) is 11.7 Å². The number of aliphatic carboxylic acids is 1. The van der Waals surface area contributed by atoms with Crippen LogP contribution in [0, 0.1) is 5.92 Å². The molecule has 0 bridgehead atoms.